The van der Waals surface area contributed by atoms with Crippen LogP contribution in [0.1, 0.15) is 35.3 Å². The number of carbonyl (C=O) groups excluding carboxylic acids is 1. The van der Waals surface area contributed by atoms with Crippen molar-refractivity contribution in [2.45, 2.75) is 25.9 Å². The maximum Gasteiger partial charge on any atom is 0.325 e. The predicted octanol–water partition coefficient (Wildman–Crippen LogP) is 2.72. The van der Waals surface area contributed by atoms with E-state index in [1.54, 1.807) is 41.6 Å². The predicted molar refractivity (Wildman–Crippen MR) is 109 cm³/mol. The van der Waals surface area contributed by atoms with E-state index >= 15 is 0 Å². The van der Waals surface area contributed by atoms with E-state index in [9.17, 15) is 14.0 Å². The van der Waals surface area contributed by atoms with E-state index in [0.717, 1.165) is 0 Å². The summed E-state index contributed by atoms with van der Waals surface area (Å²) in [5.41, 5.74) is 2.32. The molecule has 9 nitrogen and oxygen atoms in total. The summed E-state index contributed by atoms with van der Waals surface area (Å²) in [6.07, 6.45) is 8.37. The van der Waals surface area contributed by atoms with Crippen molar-refractivity contribution in [3.63, 3.8) is 0 Å². The summed E-state index contributed by atoms with van der Waals surface area (Å²) >= 11 is 0. The highest BCUT2D eigenvalue weighted by atomic mass is 19.1. The second-order valence-electron chi connectivity index (χ2n) is 6.95. The summed E-state index contributed by atoms with van der Waals surface area (Å²) in [4.78, 5) is 28.1. The van der Waals surface area contributed by atoms with Gasteiger partial charge in [0, 0.05) is 23.3 Å². The van der Waals surface area contributed by atoms with Crippen molar-refractivity contribution in [2.24, 2.45) is 0 Å². The van der Waals surface area contributed by atoms with Crippen molar-refractivity contribution in [1.82, 2.24) is 29.9 Å². The SMILES string of the molecule is CC[C@H](NC(=O)c1cncc2c1cnn2-c1ccc(F)cc1)c1cnn(CC(=O)O)c1. The number of nitrogens with zero attached hydrogens (tertiary/aromatic N) is 5. The van der Waals surface area contributed by atoms with E-state index in [1.165, 1.54) is 23.0 Å². The van der Waals surface area contributed by atoms with Gasteiger partial charge in [0.1, 0.15) is 12.4 Å². The Kier molecular flexibility index (Phi) is 5.44. The van der Waals surface area contributed by atoms with E-state index < -0.39 is 5.97 Å². The number of benzene rings is 1. The molecule has 3 aromatic heterocycles. The van der Waals surface area contributed by atoms with Gasteiger partial charge in [-0.2, -0.15) is 10.2 Å². The monoisotopic (exact) mass is 422 g/mol. The topological polar surface area (TPSA) is 115 Å². The smallest absolute Gasteiger partial charge is 0.325 e. The number of hydrogen-bond acceptors (Lipinski definition) is 5. The van der Waals surface area contributed by atoms with Gasteiger partial charge in [-0.25, -0.2) is 9.07 Å². The minimum Gasteiger partial charge on any atom is -0.480 e. The Bertz CT molecular complexity index is 1250. The van der Waals surface area contributed by atoms with Gasteiger partial charge in [0.2, 0.25) is 0 Å². The maximum absolute atomic E-state index is 13.2. The van der Waals surface area contributed by atoms with Crippen LogP contribution in [0.2, 0.25) is 0 Å². The van der Waals surface area contributed by atoms with Gasteiger partial charge in [-0.1, -0.05) is 6.92 Å². The Morgan fingerprint density at radius 3 is 2.61 bits per heavy atom. The number of halogens is 1. The standard InChI is InChI=1S/C21H19FN6O3/c1-2-18(13-7-24-27(11-13)12-20(29)30)26-21(31)17-8-23-10-19-16(17)9-25-28(19)15-5-3-14(22)4-6-15/h3-11,18H,2,12H2,1H3,(H,26,31)(H,29,30)/t18-/m0/s1. The van der Waals surface area contributed by atoms with E-state index in [0.29, 0.717) is 34.1 Å². The molecule has 1 aromatic carbocycles. The fraction of sp³-hybridized carbons (Fsp3) is 0.190. The zero-order valence-corrected chi connectivity index (χ0v) is 16.6. The first-order chi connectivity index (χ1) is 15.0. The van der Waals surface area contributed by atoms with Crippen LogP contribution in [0, 0.1) is 5.82 Å². The second kappa shape index (κ2) is 8.34. The molecular formula is C21H19FN6O3. The molecule has 158 valence electrons. The number of hydrogen-bond donors (Lipinski definition) is 2. The first kappa shape index (κ1) is 20.2. The molecule has 0 unspecified atom stereocenters. The van der Waals surface area contributed by atoms with Crippen LogP contribution in [-0.4, -0.2) is 41.5 Å². The lowest BCUT2D eigenvalue weighted by molar-refractivity contribution is -0.137. The summed E-state index contributed by atoms with van der Waals surface area (Å²) in [6, 6.07) is 5.51. The third-order valence-electron chi connectivity index (χ3n) is 4.88. The molecule has 0 fully saturated rings. The number of rotatable bonds is 7. The molecule has 0 aliphatic carbocycles. The number of aromatic nitrogens is 5. The van der Waals surface area contributed by atoms with Crippen LogP contribution in [0.3, 0.4) is 0 Å². The lowest BCUT2D eigenvalue weighted by atomic mass is 10.1. The van der Waals surface area contributed by atoms with Crippen molar-refractivity contribution in [3.05, 3.63) is 72.2 Å². The molecule has 1 amide bonds. The number of carboxylic acid groups (broad SMARTS) is 1. The molecule has 0 saturated heterocycles. The van der Waals surface area contributed by atoms with Crippen LogP contribution >= 0.6 is 0 Å². The van der Waals surface area contributed by atoms with Gasteiger partial charge < -0.3 is 10.4 Å². The molecule has 0 bridgehead atoms. The molecular weight excluding hydrogens is 403 g/mol. The minimum atomic E-state index is -0.998. The van der Waals surface area contributed by atoms with Crippen LogP contribution in [0.25, 0.3) is 16.6 Å². The van der Waals surface area contributed by atoms with E-state index in [2.05, 4.69) is 20.5 Å². The van der Waals surface area contributed by atoms with Crippen LogP contribution in [-0.2, 0) is 11.3 Å². The molecule has 0 spiro atoms. The highest BCUT2D eigenvalue weighted by Gasteiger charge is 2.20. The first-order valence-electron chi connectivity index (χ1n) is 9.59. The highest BCUT2D eigenvalue weighted by Crippen LogP contribution is 2.23. The normalized spacial score (nSPS) is 12.1. The van der Waals surface area contributed by atoms with Crippen molar-refractivity contribution >= 4 is 22.8 Å². The molecule has 3 heterocycles. The van der Waals surface area contributed by atoms with Crippen molar-refractivity contribution in [1.29, 1.82) is 0 Å². The number of pyridine rings is 1. The van der Waals surface area contributed by atoms with Gasteiger partial charge in [0.05, 0.1) is 41.4 Å². The summed E-state index contributed by atoms with van der Waals surface area (Å²) in [6.45, 7) is 1.65. The zero-order valence-electron chi connectivity index (χ0n) is 16.6. The number of amides is 1. The largest absolute Gasteiger partial charge is 0.480 e. The Morgan fingerprint density at radius 1 is 1.13 bits per heavy atom. The second-order valence-corrected chi connectivity index (χ2v) is 6.95. The van der Waals surface area contributed by atoms with Crippen molar-refractivity contribution in [3.8, 4) is 5.69 Å². The van der Waals surface area contributed by atoms with Gasteiger partial charge in [-0.3, -0.25) is 19.3 Å². The number of carboxylic acids is 1. The van der Waals surface area contributed by atoms with E-state index in [1.807, 2.05) is 6.92 Å². The zero-order chi connectivity index (χ0) is 22.0. The molecule has 1 atom stereocenters. The third kappa shape index (κ3) is 4.13. The van der Waals surface area contributed by atoms with E-state index in [-0.39, 0.29) is 24.3 Å². The van der Waals surface area contributed by atoms with Crippen LogP contribution in [0.5, 0.6) is 0 Å². The summed E-state index contributed by atoms with van der Waals surface area (Å²) in [5, 5.41) is 20.8. The number of carbonyl (C=O) groups is 2. The Hall–Kier alpha value is -4.08. The van der Waals surface area contributed by atoms with Gasteiger partial charge in [0.15, 0.2) is 0 Å². The maximum atomic E-state index is 13.2. The summed E-state index contributed by atoms with van der Waals surface area (Å²) < 4.78 is 16.1. The number of fused-ring (bicyclic) bond motifs is 1. The fourth-order valence-electron chi connectivity index (χ4n) is 3.35. The third-order valence-corrected chi connectivity index (χ3v) is 4.88. The minimum absolute atomic E-state index is 0.254. The van der Waals surface area contributed by atoms with Gasteiger partial charge >= 0.3 is 5.97 Å². The fourth-order valence-corrected chi connectivity index (χ4v) is 3.35. The molecule has 0 aliphatic rings. The van der Waals surface area contributed by atoms with Gasteiger partial charge in [0.25, 0.3) is 5.91 Å². The molecule has 4 aromatic rings. The Morgan fingerprint density at radius 2 is 1.90 bits per heavy atom. The molecule has 4 rings (SSSR count). The highest BCUT2D eigenvalue weighted by molar-refractivity contribution is 6.06. The molecule has 0 saturated carbocycles. The molecule has 0 aliphatic heterocycles. The molecule has 10 heteroatoms. The molecule has 0 radical (unpaired) electrons. The average molecular weight is 422 g/mol. The Labute approximate surface area is 176 Å². The molecule has 31 heavy (non-hydrogen) atoms. The number of aliphatic carboxylic acids is 1. The summed E-state index contributed by atoms with van der Waals surface area (Å²) in [5.74, 6) is -1.69. The lowest BCUT2D eigenvalue weighted by Gasteiger charge is -2.15. The average Bonchev–Trinajstić information content (AvgIpc) is 3.39. The first-order valence-corrected chi connectivity index (χ1v) is 9.59. The quantitative estimate of drug-likeness (QED) is 0.473. The van der Waals surface area contributed by atoms with Crippen molar-refractivity contribution in [2.75, 3.05) is 0 Å². The van der Waals surface area contributed by atoms with E-state index in [4.69, 9.17) is 5.11 Å². The van der Waals surface area contributed by atoms with Crippen LogP contribution in [0.15, 0.2) is 55.2 Å². The van der Waals surface area contributed by atoms with Crippen LogP contribution < -0.4 is 5.32 Å². The number of nitrogens with one attached hydrogen (secondary N) is 1. The lowest BCUT2D eigenvalue weighted by Crippen LogP contribution is -2.28. The Balaban J connectivity index is 1.60. The van der Waals surface area contributed by atoms with Gasteiger partial charge in [-0.05, 0) is 30.7 Å². The van der Waals surface area contributed by atoms with Crippen molar-refractivity contribution < 1.29 is 19.1 Å². The summed E-state index contributed by atoms with van der Waals surface area (Å²) in [7, 11) is 0. The molecule has 2 N–H and O–H groups in total. The van der Waals surface area contributed by atoms with Crippen LogP contribution in [0.4, 0.5) is 4.39 Å². The van der Waals surface area contributed by atoms with Gasteiger partial charge in [-0.15, -0.1) is 0 Å².